The molecule has 1 saturated heterocycles. The van der Waals surface area contributed by atoms with Crippen LogP contribution in [0.25, 0.3) is 10.9 Å². The summed E-state index contributed by atoms with van der Waals surface area (Å²) < 4.78 is 0. The highest BCUT2D eigenvalue weighted by Gasteiger charge is 2.36. The number of carbonyl (C=O) groups is 2. The number of fused-ring (bicyclic) bond motifs is 1. The number of rotatable bonds is 4. The van der Waals surface area contributed by atoms with Crippen molar-refractivity contribution >= 4 is 22.7 Å². The van der Waals surface area contributed by atoms with Crippen LogP contribution in [0.5, 0.6) is 0 Å². The summed E-state index contributed by atoms with van der Waals surface area (Å²) in [5.41, 5.74) is 2.42. The van der Waals surface area contributed by atoms with E-state index in [1.54, 1.807) is 17.3 Å². The van der Waals surface area contributed by atoms with Crippen molar-refractivity contribution in [1.82, 2.24) is 20.2 Å². The average molecular weight is 334 g/mol. The molecule has 0 saturated carbocycles. The molecule has 1 aliphatic rings. The van der Waals surface area contributed by atoms with Gasteiger partial charge >= 0.3 is 0 Å². The van der Waals surface area contributed by atoms with E-state index in [2.05, 4.69) is 15.3 Å². The van der Waals surface area contributed by atoms with Crippen LogP contribution in [0.3, 0.4) is 0 Å². The lowest BCUT2D eigenvalue weighted by Gasteiger charge is -2.38. The van der Waals surface area contributed by atoms with E-state index in [1.807, 2.05) is 42.5 Å². The van der Waals surface area contributed by atoms with Crippen LogP contribution in [-0.2, 0) is 11.3 Å². The summed E-state index contributed by atoms with van der Waals surface area (Å²) in [7, 11) is 0. The molecule has 0 aliphatic carbocycles. The number of nitrogens with zero attached hydrogens (tertiary/aromatic N) is 2. The highest BCUT2D eigenvalue weighted by Crippen LogP contribution is 2.24. The first-order chi connectivity index (χ1) is 12.2. The Kier molecular flexibility index (Phi) is 3.93. The zero-order chi connectivity index (χ0) is 17.2. The van der Waals surface area contributed by atoms with Crippen LogP contribution in [-0.4, -0.2) is 39.8 Å². The zero-order valence-electron chi connectivity index (χ0n) is 13.6. The average Bonchev–Trinajstić information content (AvgIpc) is 3.03. The molecule has 0 bridgehead atoms. The van der Waals surface area contributed by atoms with E-state index in [1.165, 1.54) is 0 Å². The van der Waals surface area contributed by atoms with Gasteiger partial charge in [-0.05, 0) is 18.2 Å². The van der Waals surface area contributed by atoms with Gasteiger partial charge in [-0.25, -0.2) is 0 Å². The van der Waals surface area contributed by atoms with E-state index >= 15 is 0 Å². The largest absolute Gasteiger partial charge is 0.360 e. The lowest BCUT2D eigenvalue weighted by atomic mass is 9.97. The Morgan fingerprint density at radius 1 is 1.16 bits per heavy atom. The van der Waals surface area contributed by atoms with Gasteiger partial charge in [0.25, 0.3) is 5.91 Å². The number of aromatic nitrogens is 2. The molecule has 2 aromatic heterocycles. The Hall–Kier alpha value is -3.15. The Balaban J connectivity index is 1.34. The predicted octanol–water partition coefficient (Wildman–Crippen LogP) is 1.95. The molecule has 1 aromatic carbocycles. The highest BCUT2D eigenvalue weighted by molar-refractivity contribution is 6.07. The minimum Gasteiger partial charge on any atom is -0.360 e. The second kappa shape index (κ2) is 6.39. The maximum Gasteiger partial charge on any atom is 0.256 e. The molecule has 0 spiro atoms. The lowest BCUT2D eigenvalue weighted by molar-refractivity contribution is -0.129. The van der Waals surface area contributed by atoms with Crippen molar-refractivity contribution in [3.63, 3.8) is 0 Å². The number of amides is 2. The van der Waals surface area contributed by atoms with Gasteiger partial charge in [0.05, 0.1) is 23.7 Å². The van der Waals surface area contributed by atoms with Gasteiger partial charge in [0.2, 0.25) is 5.91 Å². The van der Waals surface area contributed by atoms with E-state index < -0.39 is 0 Å². The molecule has 126 valence electrons. The number of para-hydroxylation sites is 1. The molecule has 6 heteroatoms. The molecule has 1 fully saturated rings. The van der Waals surface area contributed by atoms with Crippen molar-refractivity contribution in [3.05, 3.63) is 66.1 Å². The third-order valence-corrected chi connectivity index (χ3v) is 4.53. The van der Waals surface area contributed by atoms with Crippen molar-refractivity contribution in [3.8, 4) is 0 Å². The number of hydrogen-bond donors (Lipinski definition) is 2. The number of H-pyrrole nitrogens is 1. The maximum absolute atomic E-state index is 12.6. The molecule has 1 aliphatic heterocycles. The molecule has 3 aromatic rings. The van der Waals surface area contributed by atoms with Gasteiger partial charge in [-0.3, -0.25) is 14.6 Å². The minimum atomic E-state index is -0.155. The lowest BCUT2D eigenvalue weighted by Crippen LogP contribution is -2.55. The maximum atomic E-state index is 12.6. The standard InChI is InChI=1S/C19H18N4O2/c24-18(22-9-14-5-3-4-8-20-14)13-11-23(12-13)19(25)16-10-21-17-7-2-1-6-15(16)17/h1-8,10,13,21H,9,11-12H2,(H,22,24). The minimum absolute atomic E-state index is 0.0337. The molecule has 0 radical (unpaired) electrons. The molecule has 0 unspecified atom stereocenters. The molecule has 0 atom stereocenters. The molecule has 6 nitrogen and oxygen atoms in total. The van der Waals surface area contributed by atoms with E-state index in [-0.39, 0.29) is 17.7 Å². The summed E-state index contributed by atoms with van der Waals surface area (Å²) in [6.45, 7) is 1.31. The van der Waals surface area contributed by atoms with Gasteiger partial charge in [0.1, 0.15) is 0 Å². The SMILES string of the molecule is O=C(NCc1ccccn1)C1CN(C(=O)c2c[nH]c3ccccc23)C1. The van der Waals surface area contributed by atoms with Crippen LogP contribution in [0.15, 0.2) is 54.9 Å². The Labute approximate surface area is 144 Å². The monoisotopic (exact) mass is 334 g/mol. The van der Waals surface area contributed by atoms with Gasteiger partial charge in [-0.1, -0.05) is 24.3 Å². The Morgan fingerprint density at radius 2 is 1.96 bits per heavy atom. The van der Waals surface area contributed by atoms with E-state index in [9.17, 15) is 9.59 Å². The summed E-state index contributed by atoms with van der Waals surface area (Å²) in [6, 6.07) is 13.3. The number of nitrogens with one attached hydrogen (secondary N) is 2. The summed E-state index contributed by atoms with van der Waals surface area (Å²) in [5, 5.41) is 3.79. The number of likely N-dealkylation sites (tertiary alicyclic amines) is 1. The van der Waals surface area contributed by atoms with Gasteiger partial charge in [0, 0.05) is 36.4 Å². The number of pyridine rings is 1. The molecule has 4 rings (SSSR count). The Morgan fingerprint density at radius 3 is 2.76 bits per heavy atom. The van der Waals surface area contributed by atoms with Crippen molar-refractivity contribution in [1.29, 1.82) is 0 Å². The fourth-order valence-electron chi connectivity index (χ4n) is 3.05. The van der Waals surface area contributed by atoms with Crippen LogP contribution in [0.1, 0.15) is 16.1 Å². The van der Waals surface area contributed by atoms with Crippen LogP contribution in [0.4, 0.5) is 0 Å². The first kappa shape index (κ1) is 15.4. The molecule has 3 heterocycles. The first-order valence-corrected chi connectivity index (χ1v) is 8.25. The molecule has 25 heavy (non-hydrogen) atoms. The van der Waals surface area contributed by atoms with E-state index in [4.69, 9.17) is 0 Å². The number of hydrogen-bond acceptors (Lipinski definition) is 3. The van der Waals surface area contributed by atoms with Gasteiger partial charge < -0.3 is 15.2 Å². The van der Waals surface area contributed by atoms with E-state index in [0.29, 0.717) is 25.2 Å². The number of benzene rings is 1. The molecule has 2 amide bonds. The quantitative estimate of drug-likeness (QED) is 0.765. The third kappa shape index (κ3) is 2.98. The van der Waals surface area contributed by atoms with Crippen LogP contribution in [0.2, 0.25) is 0 Å². The highest BCUT2D eigenvalue weighted by atomic mass is 16.2. The van der Waals surface area contributed by atoms with Crippen molar-refractivity contribution < 1.29 is 9.59 Å². The second-order valence-corrected chi connectivity index (χ2v) is 6.19. The second-order valence-electron chi connectivity index (χ2n) is 6.19. The Bertz CT molecular complexity index is 913. The van der Waals surface area contributed by atoms with Crippen molar-refractivity contribution in [2.45, 2.75) is 6.54 Å². The number of carbonyl (C=O) groups excluding carboxylic acids is 2. The zero-order valence-corrected chi connectivity index (χ0v) is 13.6. The van der Waals surface area contributed by atoms with E-state index in [0.717, 1.165) is 16.6 Å². The summed E-state index contributed by atoms with van der Waals surface area (Å²) in [6.07, 6.45) is 3.44. The predicted molar refractivity (Wildman–Crippen MR) is 93.8 cm³/mol. The van der Waals surface area contributed by atoms with Crippen LogP contribution >= 0.6 is 0 Å². The van der Waals surface area contributed by atoms with Gasteiger partial charge in [0.15, 0.2) is 0 Å². The third-order valence-electron chi connectivity index (χ3n) is 4.53. The van der Waals surface area contributed by atoms with Crippen molar-refractivity contribution in [2.24, 2.45) is 5.92 Å². The number of aromatic amines is 1. The molecule has 2 N–H and O–H groups in total. The van der Waals surface area contributed by atoms with Crippen LogP contribution < -0.4 is 5.32 Å². The molecular weight excluding hydrogens is 316 g/mol. The fraction of sp³-hybridized carbons (Fsp3) is 0.211. The summed E-state index contributed by atoms with van der Waals surface area (Å²) >= 11 is 0. The van der Waals surface area contributed by atoms with Crippen LogP contribution in [0, 0.1) is 5.92 Å². The topological polar surface area (TPSA) is 78.1 Å². The van der Waals surface area contributed by atoms with Crippen molar-refractivity contribution in [2.75, 3.05) is 13.1 Å². The first-order valence-electron chi connectivity index (χ1n) is 8.25. The summed E-state index contributed by atoms with van der Waals surface area (Å²) in [4.78, 5) is 33.8. The van der Waals surface area contributed by atoms with Gasteiger partial charge in [-0.2, -0.15) is 0 Å². The molecular formula is C19H18N4O2. The smallest absolute Gasteiger partial charge is 0.256 e. The summed E-state index contributed by atoms with van der Waals surface area (Å²) in [5.74, 6) is -0.224. The fourth-order valence-corrected chi connectivity index (χ4v) is 3.05. The van der Waals surface area contributed by atoms with Gasteiger partial charge in [-0.15, -0.1) is 0 Å². The normalized spacial score (nSPS) is 14.3.